The fraction of sp³-hybridized carbons (Fsp3) is 0.200. The lowest BCUT2D eigenvalue weighted by Crippen LogP contribution is -2.37. The Morgan fingerprint density at radius 2 is 1.91 bits per heavy atom. The third-order valence-corrected chi connectivity index (χ3v) is 2.66. The maximum absolute atomic E-state index is 11.7. The first-order valence-corrected chi connectivity index (χ1v) is 6.49. The Hall–Kier alpha value is -3.34. The molecule has 23 heavy (non-hydrogen) atoms. The number of esters is 1. The molecule has 8 heteroatoms. The standard InChI is InChI=1S/C15H16N4O4/c1-19(2)12-5-3-10(4-6-12)7-11(8-16)14(21)23-9-13(20)18-15(17)22/h3-7H,9H2,1-2H3,(H3,17,18,20,22). The van der Waals surface area contributed by atoms with Crippen molar-refractivity contribution in [1.29, 1.82) is 5.26 Å². The van der Waals surface area contributed by atoms with Gasteiger partial charge in [-0.2, -0.15) is 5.26 Å². The largest absolute Gasteiger partial charge is 0.451 e. The monoisotopic (exact) mass is 316 g/mol. The van der Waals surface area contributed by atoms with Crippen molar-refractivity contribution in [2.24, 2.45) is 5.73 Å². The molecule has 0 unspecified atom stereocenters. The van der Waals surface area contributed by atoms with Gasteiger partial charge >= 0.3 is 12.0 Å². The normalized spacial score (nSPS) is 10.4. The van der Waals surface area contributed by atoms with E-state index in [0.717, 1.165) is 5.69 Å². The van der Waals surface area contributed by atoms with Gasteiger partial charge in [0, 0.05) is 19.8 Å². The minimum atomic E-state index is -1.05. The molecule has 1 rings (SSSR count). The molecule has 0 aromatic heterocycles. The van der Waals surface area contributed by atoms with Gasteiger partial charge in [-0.3, -0.25) is 10.1 Å². The molecule has 0 aliphatic heterocycles. The molecule has 0 heterocycles. The van der Waals surface area contributed by atoms with Gasteiger partial charge in [-0.05, 0) is 23.8 Å². The summed E-state index contributed by atoms with van der Waals surface area (Å²) < 4.78 is 4.63. The Labute approximate surface area is 133 Å². The summed E-state index contributed by atoms with van der Waals surface area (Å²) in [5, 5.41) is 10.7. The van der Waals surface area contributed by atoms with Crippen LogP contribution in [0.1, 0.15) is 5.56 Å². The highest BCUT2D eigenvalue weighted by atomic mass is 16.5. The number of nitriles is 1. The smallest absolute Gasteiger partial charge is 0.349 e. The number of carbonyl (C=O) groups excluding carboxylic acids is 3. The molecular weight excluding hydrogens is 300 g/mol. The van der Waals surface area contributed by atoms with Gasteiger partial charge in [0.1, 0.15) is 11.6 Å². The second-order valence-electron chi connectivity index (χ2n) is 4.64. The first kappa shape index (κ1) is 17.7. The summed E-state index contributed by atoms with van der Waals surface area (Å²) in [5.74, 6) is -1.85. The highest BCUT2D eigenvalue weighted by molar-refractivity contribution is 6.00. The number of nitrogens with two attached hydrogens (primary N) is 1. The molecule has 0 spiro atoms. The SMILES string of the molecule is CN(C)c1ccc(C=C(C#N)C(=O)OCC(=O)NC(N)=O)cc1. The van der Waals surface area contributed by atoms with E-state index in [1.807, 2.05) is 31.1 Å². The second kappa shape index (κ2) is 8.19. The summed E-state index contributed by atoms with van der Waals surface area (Å²) >= 11 is 0. The highest BCUT2D eigenvalue weighted by Crippen LogP contribution is 2.15. The number of anilines is 1. The van der Waals surface area contributed by atoms with Crippen LogP contribution >= 0.6 is 0 Å². The van der Waals surface area contributed by atoms with Gasteiger partial charge in [-0.25, -0.2) is 9.59 Å². The number of amides is 3. The Balaban J connectivity index is 2.75. The van der Waals surface area contributed by atoms with E-state index in [1.54, 1.807) is 23.5 Å². The topological polar surface area (TPSA) is 126 Å². The number of ether oxygens (including phenoxy) is 1. The van der Waals surface area contributed by atoms with Crippen molar-refractivity contribution in [1.82, 2.24) is 5.32 Å². The molecule has 0 saturated carbocycles. The minimum Gasteiger partial charge on any atom is -0.451 e. The third kappa shape index (κ3) is 5.89. The van der Waals surface area contributed by atoms with Gasteiger partial charge in [0.05, 0.1) is 0 Å². The van der Waals surface area contributed by atoms with E-state index in [-0.39, 0.29) is 5.57 Å². The molecule has 1 aromatic rings. The molecule has 3 N–H and O–H groups in total. The molecule has 3 amide bonds. The number of urea groups is 1. The molecule has 0 saturated heterocycles. The van der Waals surface area contributed by atoms with Crippen LogP contribution in [0, 0.1) is 11.3 Å². The summed E-state index contributed by atoms with van der Waals surface area (Å²) in [6.07, 6.45) is 1.34. The van der Waals surface area contributed by atoms with E-state index < -0.39 is 24.5 Å². The lowest BCUT2D eigenvalue weighted by molar-refractivity contribution is -0.144. The highest BCUT2D eigenvalue weighted by Gasteiger charge is 2.13. The van der Waals surface area contributed by atoms with Gasteiger partial charge in [0.15, 0.2) is 6.61 Å². The van der Waals surface area contributed by atoms with E-state index in [0.29, 0.717) is 5.56 Å². The van der Waals surface area contributed by atoms with Crippen LogP contribution in [-0.2, 0) is 14.3 Å². The van der Waals surface area contributed by atoms with Crippen LogP contribution in [0.4, 0.5) is 10.5 Å². The lowest BCUT2D eigenvalue weighted by Gasteiger charge is -2.11. The number of rotatable bonds is 5. The van der Waals surface area contributed by atoms with E-state index in [2.05, 4.69) is 4.74 Å². The molecule has 0 atom stereocenters. The average molecular weight is 316 g/mol. The Morgan fingerprint density at radius 3 is 2.39 bits per heavy atom. The number of hydrogen-bond acceptors (Lipinski definition) is 6. The van der Waals surface area contributed by atoms with E-state index >= 15 is 0 Å². The second-order valence-corrected chi connectivity index (χ2v) is 4.64. The van der Waals surface area contributed by atoms with Crippen molar-refractivity contribution < 1.29 is 19.1 Å². The molecular formula is C15H16N4O4. The molecule has 0 aliphatic carbocycles. The lowest BCUT2D eigenvalue weighted by atomic mass is 10.1. The molecule has 8 nitrogen and oxygen atoms in total. The van der Waals surface area contributed by atoms with Crippen molar-refractivity contribution in [2.45, 2.75) is 0 Å². The quantitative estimate of drug-likeness (QED) is 0.460. The molecule has 0 bridgehead atoms. The number of nitrogens with one attached hydrogen (secondary N) is 1. The van der Waals surface area contributed by atoms with Crippen molar-refractivity contribution in [3.05, 3.63) is 35.4 Å². The molecule has 0 aliphatic rings. The number of carbonyl (C=O) groups is 3. The number of hydrogen-bond donors (Lipinski definition) is 2. The molecule has 1 aromatic carbocycles. The number of primary amides is 1. The van der Waals surface area contributed by atoms with E-state index in [4.69, 9.17) is 11.0 Å². The Kier molecular flexibility index (Phi) is 6.30. The summed E-state index contributed by atoms with van der Waals surface area (Å²) in [6.45, 7) is -0.708. The van der Waals surface area contributed by atoms with Crippen LogP contribution in [0.15, 0.2) is 29.8 Å². The summed E-state index contributed by atoms with van der Waals surface area (Å²) in [6, 6.07) is 7.78. The zero-order chi connectivity index (χ0) is 17.4. The van der Waals surface area contributed by atoms with Gasteiger partial charge in [-0.15, -0.1) is 0 Å². The predicted octanol–water partition coefficient (Wildman–Crippen LogP) is 0.398. The fourth-order valence-electron chi connectivity index (χ4n) is 1.55. The zero-order valence-corrected chi connectivity index (χ0v) is 12.7. The van der Waals surface area contributed by atoms with Gasteiger partial charge in [0.25, 0.3) is 5.91 Å². The van der Waals surface area contributed by atoms with Gasteiger partial charge in [0.2, 0.25) is 0 Å². The fourth-order valence-corrected chi connectivity index (χ4v) is 1.55. The Bertz CT molecular complexity index is 672. The third-order valence-electron chi connectivity index (χ3n) is 2.66. The molecule has 120 valence electrons. The van der Waals surface area contributed by atoms with Crippen molar-refractivity contribution in [2.75, 3.05) is 25.6 Å². The van der Waals surface area contributed by atoms with Crippen LogP contribution in [0.3, 0.4) is 0 Å². The van der Waals surface area contributed by atoms with Crippen LogP contribution in [-0.4, -0.2) is 38.6 Å². The first-order chi connectivity index (χ1) is 10.8. The van der Waals surface area contributed by atoms with Crippen molar-refractivity contribution in [3.8, 4) is 6.07 Å². The van der Waals surface area contributed by atoms with Crippen LogP contribution < -0.4 is 16.0 Å². The molecule has 0 radical (unpaired) electrons. The number of nitrogens with zero attached hydrogens (tertiary/aromatic N) is 2. The van der Waals surface area contributed by atoms with E-state index in [9.17, 15) is 14.4 Å². The summed E-state index contributed by atoms with van der Waals surface area (Å²) in [7, 11) is 3.78. The maximum Gasteiger partial charge on any atom is 0.349 e. The minimum absolute atomic E-state index is 0.269. The predicted molar refractivity (Wildman–Crippen MR) is 83.0 cm³/mol. The van der Waals surface area contributed by atoms with Crippen molar-refractivity contribution in [3.63, 3.8) is 0 Å². The van der Waals surface area contributed by atoms with Gasteiger partial charge < -0.3 is 15.4 Å². The van der Waals surface area contributed by atoms with Crippen LogP contribution in [0.2, 0.25) is 0 Å². The summed E-state index contributed by atoms with van der Waals surface area (Å²) in [4.78, 5) is 35.2. The molecule has 0 fully saturated rings. The van der Waals surface area contributed by atoms with Crippen LogP contribution in [0.25, 0.3) is 6.08 Å². The number of imide groups is 1. The summed E-state index contributed by atoms with van der Waals surface area (Å²) in [5.41, 5.74) is 6.07. The zero-order valence-electron chi connectivity index (χ0n) is 12.7. The van der Waals surface area contributed by atoms with Gasteiger partial charge in [-0.1, -0.05) is 12.1 Å². The maximum atomic E-state index is 11.7. The number of benzene rings is 1. The van der Waals surface area contributed by atoms with E-state index in [1.165, 1.54) is 6.08 Å². The van der Waals surface area contributed by atoms with Crippen molar-refractivity contribution >= 4 is 29.7 Å². The van der Waals surface area contributed by atoms with Crippen LogP contribution in [0.5, 0.6) is 0 Å². The first-order valence-electron chi connectivity index (χ1n) is 6.49. The average Bonchev–Trinajstić information content (AvgIpc) is 2.50. The Morgan fingerprint density at radius 1 is 1.30 bits per heavy atom.